The van der Waals surface area contributed by atoms with Gasteiger partial charge >= 0.3 is 5.97 Å². The van der Waals surface area contributed by atoms with Crippen molar-refractivity contribution in [3.8, 4) is 0 Å². The molecule has 0 bridgehead atoms. The molecule has 1 amide bonds. The van der Waals surface area contributed by atoms with Crippen LogP contribution < -0.4 is 10.7 Å². The fourth-order valence-corrected chi connectivity index (χ4v) is 4.77. The van der Waals surface area contributed by atoms with Crippen LogP contribution in [0.1, 0.15) is 48.9 Å². The highest BCUT2D eigenvalue weighted by Crippen LogP contribution is 2.39. The van der Waals surface area contributed by atoms with Crippen LogP contribution in [-0.4, -0.2) is 19.0 Å². The van der Waals surface area contributed by atoms with E-state index in [9.17, 15) is 14.4 Å². The Morgan fingerprint density at radius 1 is 1.14 bits per heavy atom. The molecule has 3 aromatic rings. The highest BCUT2D eigenvalue weighted by Gasteiger charge is 2.28. The summed E-state index contributed by atoms with van der Waals surface area (Å²) in [6.07, 6.45) is 2.65. The summed E-state index contributed by atoms with van der Waals surface area (Å²) in [4.78, 5) is 38.5. The Balaban J connectivity index is 1.73. The van der Waals surface area contributed by atoms with Crippen molar-refractivity contribution >= 4 is 39.2 Å². The minimum atomic E-state index is -0.567. The number of benzene rings is 1. The summed E-state index contributed by atoms with van der Waals surface area (Å²) >= 11 is 1.37. The van der Waals surface area contributed by atoms with Crippen LogP contribution in [0.5, 0.6) is 0 Å². The van der Waals surface area contributed by atoms with Crippen molar-refractivity contribution in [2.24, 2.45) is 0 Å². The molecule has 1 aliphatic carbocycles. The molecule has 0 radical (unpaired) electrons. The van der Waals surface area contributed by atoms with Crippen LogP contribution in [0.3, 0.4) is 0 Å². The van der Waals surface area contributed by atoms with Gasteiger partial charge in [-0.2, -0.15) is 0 Å². The zero-order valence-electron chi connectivity index (χ0n) is 15.8. The third-order valence-electron chi connectivity index (χ3n) is 5.11. The van der Waals surface area contributed by atoms with E-state index in [0.29, 0.717) is 21.5 Å². The summed E-state index contributed by atoms with van der Waals surface area (Å²) in [5.74, 6) is -1.13. The van der Waals surface area contributed by atoms with E-state index in [-0.39, 0.29) is 11.2 Å². The van der Waals surface area contributed by atoms with Gasteiger partial charge in [-0.25, -0.2) is 4.79 Å². The van der Waals surface area contributed by atoms with E-state index in [1.54, 1.807) is 12.1 Å². The first-order valence-electron chi connectivity index (χ1n) is 8.98. The monoisotopic (exact) mass is 397 g/mol. The number of hydrogen-bond acceptors (Lipinski definition) is 6. The first-order valence-corrected chi connectivity index (χ1v) is 9.80. The van der Waals surface area contributed by atoms with Crippen LogP contribution in [0.4, 0.5) is 5.00 Å². The number of esters is 1. The minimum Gasteiger partial charge on any atom is -0.465 e. The zero-order chi connectivity index (χ0) is 20.0. The highest BCUT2D eigenvalue weighted by atomic mass is 32.1. The number of methoxy groups -OCH3 is 1. The number of hydrogen-bond donors (Lipinski definition) is 1. The number of carbonyl (C=O) groups excluding carboxylic acids is 2. The Bertz CT molecular complexity index is 1190. The molecule has 0 spiro atoms. The molecular weight excluding hydrogens is 378 g/mol. The van der Waals surface area contributed by atoms with Gasteiger partial charge in [-0.3, -0.25) is 9.59 Å². The molecule has 1 aliphatic rings. The number of aryl methyl sites for hydroxylation is 3. The lowest BCUT2D eigenvalue weighted by atomic mass is 10.1. The Morgan fingerprint density at radius 2 is 1.89 bits per heavy atom. The summed E-state index contributed by atoms with van der Waals surface area (Å²) in [6, 6.07) is 4.70. The predicted octanol–water partition coefficient (Wildman–Crippen LogP) is 4.00. The van der Waals surface area contributed by atoms with Crippen LogP contribution in [0.2, 0.25) is 0 Å². The molecule has 0 atom stereocenters. The van der Waals surface area contributed by atoms with Crippen LogP contribution in [-0.2, 0) is 17.6 Å². The van der Waals surface area contributed by atoms with E-state index in [0.717, 1.165) is 40.8 Å². The van der Waals surface area contributed by atoms with Gasteiger partial charge in [0.2, 0.25) is 0 Å². The van der Waals surface area contributed by atoms with Crippen LogP contribution in [0.25, 0.3) is 11.0 Å². The molecule has 0 fully saturated rings. The number of nitrogens with one attached hydrogen (secondary N) is 1. The van der Waals surface area contributed by atoms with Gasteiger partial charge in [-0.1, -0.05) is 0 Å². The van der Waals surface area contributed by atoms with Crippen LogP contribution >= 0.6 is 11.3 Å². The second-order valence-electron chi connectivity index (χ2n) is 6.91. The molecule has 0 unspecified atom stereocenters. The predicted molar refractivity (Wildman–Crippen MR) is 108 cm³/mol. The SMILES string of the molecule is COC(=O)c1c(NC(=O)c2cc(=O)c3cc(C)c(C)cc3o2)sc2c1CCC2. The van der Waals surface area contributed by atoms with Gasteiger partial charge < -0.3 is 14.5 Å². The molecule has 4 rings (SSSR count). The van der Waals surface area contributed by atoms with Gasteiger partial charge in [0.25, 0.3) is 5.91 Å². The van der Waals surface area contributed by atoms with Crippen molar-refractivity contribution in [1.82, 2.24) is 0 Å². The third-order valence-corrected chi connectivity index (χ3v) is 6.31. The maximum absolute atomic E-state index is 12.8. The zero-order valence-corrected chi connectivity index (χ0v) is 16.6. The average Bonchev–Trinajstić information content (AvgIpc) is 3.23. The summed E-state index contributed by atoms with van der Waals surface area (Å²) in [6.45, 7) is 3.83. The highest BCUT2D eigenvalue weighted by molar-refractivity contribution is 7.17. The normalized spacial score (nSPS) is 12.8. The largest absolute Gasteiger partial charge is 0.465 e. The van der Waals surface area contributed by atoms with Crippen molar-refractivity contribution in [2.75, 3.05) is 12.4 Å². The second-order valence-corrected chi connectivity index (χ2v) is 8.02. The van der Waals surface area contributed by atoms with Crippen LogP contribution in [0, 0.1) is 13.8 Å². The quantitative estimate of drug-likeness (QED) is 0.675. The number of thiophene rings is 1. The molecule has 2 heterocycles. The van der Waals surface area contributed by atoms with E-state index in [2.05, 4.69) is 5.32 Å². The van der Waals surface area contributed by atoms with Crippen molar-refractivity contribution < 1.29 is 18.7 Å². The number of carbonyl (C=O) groups is 2. The maximum atomic E-state index is 12.8. The van der Waals surface area contributed by atoms with Crippen molar-refractivity contribution in [1.29, 1.82) is 0 Å². The van der Waals surface area contributed by atoms with Gasteiger partial charge in [-0.15, -0.1) is 11.3 Å². The first-order chi connectivity index (χ1) is 13.4. The minimum absolute atomic E-state index is 0.0925. The fourth-order valence-electron chi connectivity index (χ4n) is 3.50. The molecule has 0 saturated heterocycles. The molecule has 144 valence electrons. The topological polar surface area (TPSA) is 85.6 Å². The Morgan fingerprint density at radius 3 is 2.64 bits per heavy atom. The van der Waals surface area contributed by atoms with E-state index in [1.165, 1.54) is 24.5 Å². The number of rotatable bonds is 3. The molecule has 7 heteroatoms. The van der Waals surface area contributed by atoms with E-state index >= 15 is 0 Å². The summed E-state index contributed by atoms with van der Waals surface area (Å²) < 4.78 is 10.6. The van der Waals surface area contributed by atoms with E-state index in [4.69, 9.17) is 9.15 Å². The van der Waals surface area contributed by atoms with Crippen LogP contribution in [0.15, 0.2) is 27.4 Å². The van der Waals surface area contributed by atoms with Crippen molar-refractivity contribution in [3.63, 3.8) is 0 Å². The number of amides is 1. The third kappa shape index (κ3) is 3.01. The first kappa shape index (κ1) is 18.4. The fraction of sp³-hybridized carbons (Fsp3) is 0.286. The van der Waals surface area contributed by atoms with Gasteiger partial charge in [0, 0.05) is 10.9 Å². The lowest BCUT2D eigenvalue weighted by Gasteiger charge is -2.08. The van der Waals surface area contributed by atoms with Gasteiger partial charge in [0.15, 0.2) is 11.2 Å². The van der Waals surface area contributed by atoms with E-state index in [1.807, 2.05) is 13.8 Å². The molecule has 0 saturated carbocycles. The standard InChI is InChI=1S/C21H19NO5S/c1-10-7-13-14(23)9-16(27-15(13)8-11(10)2)19(24)22-20-18(21(25)26-3)12-5-4-6-17(12)28-20/h7-9H,4-6H2,1-3H3,(H,22,24). The van der Waals surface area contributed by atoms with Crippen molar-refractivity contribution in [2.45, 2.75) is 33.1 Å². The summed E-state index contributed by atoms with van der Waals surface area (Å²) in [5.41, 5.74) is 3.38. The Hall–Kier alpha value is -2.93. The second kappa shape index (κ2) is 6.91. The smallest absolute Gasteiger partial charge is 0.341 e. The Labute approximate surface area is 165 Å². The lowest BCUT2D eigenvalue weighted by Crippen LogP contribution is -2.16. The molecule has 1 N–H and O–H groups in total. The number of anilines is 1. The van der Waals surface area contributed by atoms with Gasteiger partial charge in [-0.05, 0) is 61.9 Å². The molecule has 28 heavy (non-hydrogen) atoms. The summed E-state index contributed by atoms with van der Waals surface area (Å²) in [7, 11) is 1.32. The Kier molecular flexibility index (Phi) is 4.55. The molecule has 1 aromatic carbocycles. The number of fused-ring (bicyclic) bond motifs is 2. The van der Waals surface area contributed by atoms with Crippen molar-refractivity contribution in [3.05, 3.63) is 61.3 Å². The molecule has 6 nitrogen and oxygen atoms in total. The molecule has 0 aliphatic heterocycles. The van der Waals surface area contributed by atoms with E-state index < -0.39 is 11.9 Å². The molecular formula is C21H19NO5S. The number of ether oxygens (including phenoxy) is 1. The lowest BCUT2D eigenvalue weighted by molar-refractivity contribution is 0.0601. The van der Waals surface area contributed by atoms with Gasteiger partial charge in [0.05, 0.1) is 18.1 Å². The average molecular weight is 397 g/mol. The molecule has 2 aromatic heterocycles. The van der Waals surface area contributed by atoms with Gasteiger partial charge in [0.1, 0.15) is 10.6 Å². The maximum Gasteiger partial charge on any atom is 0.341 e. The summed E-state index contributed by atoms with van der Waals surface area (Å²) in [5, 5.41) is 3.61.